The fourth-order valence-corrected chi connectivity index (χ4v) is 2.80. The Balaban J connectivity index is 2.04. The van der Waals surface area contributed by atoms with Gasteiger partial charge in [-0.25, -0.2) is 4.21 Å². The van der Waals surface area contributed by atoms with Crippen LogP contribution in [0, 0.1) is 0 Å². The summed E-state index contributed by atoms with van der Waals surface area (Å²) in [4.78, 5) is 0. The maximum absolute atomic E-state index is 10.8. The molecule has 0 saturated heterocycles. The molecule has 4 nitrogen and oxygen atoms in total. The number of para-hydroxylation sites is 2. The smallest absolute Gasteiger partial charge is 0.259 e. The standard InChI is InChI=1S/C13H20N2O2S/c16-18(17)15-13-10-6-5-9-12(13)14-11-7-3-1-2-4-8-11/h5-6,9-11,14-15H,1-4,7-8H2,(H,16,17). The number of nitrogens with one attached hydrogen (secondary N) is 2. The summed E-state index contributed by atoms with van der Waals surface area (Å²) in [6.07, 6.45) is 7.52. The molecule has 1 atom stereocenters. The van der Waals surface area contributed by atoms with Gasteiger partial charge in [-0.15, -0.1) is 0 Å². The van der Waals surface area contributed by atoms with Crippen LogP contribution in [-0.4, -0.2) is 14.8 Å². The van der Waals surface area contributed by atoms with E-state index < -0.39 is 11.3 Å². The van der Waals surface area contributed by atoms with Gasteiger partial charge in [0.2, 0.25) is 0 Å². The third-order valence-electron chi connectivity index (χ3n) is 3.34. The zero-order chi connectivity index (χ0) is 12.8. The summed E-state index contributed by atoms with van der Waals surface area (Å²) < 4.78 is 22.3. The minimum absolute atomic E-state index is 0.475. The molecule has 0 heterocycles. The van der Waals surface area contributed by atoms with Gasteiger partial charge >= 0.3 is 0 Å². The number of benzene rings is 1. The average molecular weight is 268 g/mol. The Morgan fingerprint density at radius 1 is 1.06 bits per heavy atom. The Morgan fingerprint density at radius 3 is 2.28 bits per heavy atom. The molecule has 0 bridgehead atoms. The molecule has 0 aromatic heterocycles. The lowest BCUT2D eigenvalue weighted by molar-refractivity contribution is 0.570. The maximum Gasteiger partial charge on any atom is 0.259 e. The first kappa shape index (κ1) is 13.4. The Kier molecular flexibility index (Phi) is 5.01. The van der Waals surface area contributed by atoms with Crippen LogP contribution >= 0.6 is 0 Å². The first-order chi connectivity index (χ1) is 8.75. The van der Waals surface area contributed by atoms with Crippen molar-refractivity contribution in [3.8, 4) is 0 Å². The monoisotopic (exact) mass is 268 g/mol. The van der Waals surface area contributed by atoms with Crippen molar-refractivity contribution in [3.05, 3.63) is 24.3 Å². The second-order valence-electron chi connectivity index (χ2n) is 4.73. The van der Waals surface area contributed by atoms with E-state index in [1.807, 2.05) is 24.3 Å². The van der Waals surface area contributed by atoms with E-state index in [9.17, 15) is 4.21 Å². The second-order valence-corrected chi connectivity index (χ2v) is 5.43. The summed E-state index contributed by atoms with van der Waals surface area (Å²) in [5.74, 6) is 0. The molecule has 2 rings (SSSR count). The Labute approximate surface area is 111 Å². The van der Waals surface area contributed by atoms with Gasteiger partial charge < -0.3 is 5.32 Å². The van der Waals surface area contributed by atoms with Gasteiger partial charge in [-0.2, -0.15) is 0 Å². The largest absolute Gasteiger partial charge is 0.381 e. The average Bonchev–Trinajstić information content (AvgIpc) is 2.60. The van der Waals surface area contributed by atoms with E-state index in [-0.39, 0.29) is 0 Å². The van der Waals surface area contributed by atoms with Crippen molar-refractivity contribution in [2.45, 2.75) is 44.6 Å². The molecule has 0 amide bonds. The van der Waals surface area contributed by atoms with Gasteiger partial charge in [0.15, 0.2) is 0 Å². The van der Waals surface area contributed by atoms with E-state index in [0.717, 1.165) is 5.69 Å². The first-order valence-corrected chi connectivity index (χ1v) is 7.59. The van der Waals surface area contributed by atoms with Crippen molar-refractivity contribution in [2.75, 3.05) is 10.0 Å². The zero-order valence-electron chi connectivity index (χ0n) is 10.4. The Hall–Kier alpha value is -1.07. The lowest BCUT2D eigenvalue weighted by Gasteiger charge is -2.19. The van der Waals surface area contributed by atoms with Crippen molar-refractivity contribution in [2.24, 2.45) is 0 Å². The number of anilines is 2. The van der Waals surface area contributed by atoms with Crippen LogP contribution in [0.2, 0.25) is 0 Å². The van der Waals surface area contributed by atoms with Crippen LogP contribution in [-0.2, 0) is 11.3 Å². The minimum Gasteiger partial charge on any atom is -0.381 e. The van der Waals surface area contributed by atoms with Crippen molar-refractivity contribution in [1.29, 1.82) is 0 Å². The fourth-order valence-electron chi connectivity index (χ4n) is 2.44. The summed E-state index contributed by atoms with van der Waals surface area (Å²) in [6, 6.07) is 8.02. The quantitative estimate of drug-likeness (QED) is 0.579. The van der Waals surface area contributed by atoms with E-state index in [1.54, 1.807) is 0 Å². The third kappa shape index (κ3) is 3.99. The second kappa shape index (κ2) is 6.75. The molecular weight excluding hydrogens is 248 g/mol. The molecule has 3 N–H and O–H groups in total. The van der Waals surface area contributed by atoms with Gasteiger partial charge in [-0.1, -0.05) is 37.8 Å². The predicted octanol–water partition coefficient (Wildman–Crippen LogP) is 3.37. The summed E-state index contributed by atoms with van der Waals surface area (Å²) in [7, 11) is 0. The highest BCUT2D eigenvalue weighted by molar-refractivity contribution is 7.80. The van der Waals surface area contributed by atoms with E-state index in [2.05, 4.69) is 10.0 Å². The van der Waals surface area contributed by atoms with Crippen LogP contribution < -0.4 is 10.0 Å². The van der Waals surface area contributed by atoms with Crippen LogP contribution in [0.15, 0.2) is 24.3 Å². The van der Waals surface area contributed by atoms with Crippen LogP contribution in [0.4, 0.5) is 11.4 Å². The molecule has 1 aliphatic rings. The van der Waals surface area contributed by atoms with Gasteiger partial charge in [0, 0.05) is 6.04 Å². The maximum atomic E-state index is 10.8. The molecule has 1 aromatic rings. The van der Waals surface area contributed by atoms with Crippen molar-refractivity contribution in [1.82, 2.24) is 0 Å². The molecule has 5 heteroatoms. The first-order valence-electron chi connectivity index (χ1n) is 6.49. The molecule has 18 heavy (non-hydrogen) atoms. The molecular formula is C13H20N2O2S. The lowest BCUT2D eigenvalue weighted by Crippen LogP contribution is -2.19. The van der Waals surface area contributed by atoms with Crippen LogP contribution in [0.5, 0.6) is 0 Å². The van der Waals surface area contributed by atoms with Gasteiger partial charge in [0.05, 0.1) is 11.4 Å². The van der Waals surface area contributed by atoms with Crippen molar-refractivity contribution in [3.63, 3.8) is 0 Å². The summed E-state index contributed by atoms with van der Waals surface area (Å²) >= 11 is -2.03. The minimum atomic E-state index is -2.03. The van der Waals surface area contributed by atoms with Crippen LogP contribution in [0.1, 0.15) is 38.5 Å². The topological polar surface area (TPSA) is 61.4 Å². The van der Waals surface area contributed by atoms with E-state index >= 15 is 0 Å². The molecule has 0 radical (unpaired) electrons. The number of hydrogen-bond donors (Lipinski definition) is 3. The Bertz CT molecular complexity index is 404. The highest BCUT2D eigenvalue weighted by atomic mass is 32.2. The van der Waals surface area contributed by atoms with E-state index in [1.165, 1.54) is 38.5 Å². The summed E-state index contributed by atoms with van der Waals surface area (Å²) in [6.45, 7) is 0. The SMILES string of the molecule is O=S(O)Nc1ccccc1NC1CCCCCC1. The Morgan fingerprint density at radius 2 is 1.67 bits per heavy atom. The molecule has 100 valence electrons. The van der Waals surface area contributed by atoms with Crippen LogP contribution in [0.3, 0.4) is 0 Å². The predicted molar refractivity (Wildman–Crippen MR) is 75.9 cm³/mol. The molecule has 0 aliphatic heterocycles. The van der Waals surface area contributed by atoms with E-state index in [4.69, 9.17) is 4.55 Å². The zero-order valence-corrected chi connectivity index (χ0v) is 11.2. The highest BCUT2D eigenvalue weighted by Crippen LogP contribution is 2.26. The van der Waals surface area contributed by atoms with Crippen molar-refractivity contribution >= 4 is 22.6 Å². The van der Waals surface area contributed by atoms with Crippen molar-refractivity contribution < 1.29 is 8.76 Å². The van der Waals surface area contributed by atoms with E-state index in [0.29, 0.717) is 11.7 Å². The molecule has 1 fully saturated rings. The third-order valence-corrected chi connectivity index (χ3v) is 3.73. The molecule has 0 spiro atoms. The molecule has 1 unspecified atom stereocenters. The number of rotatable bonds is 4. The molecule has 1 saturated carbocycles. The summed E-state index contributed by atoms with van der Waals surface area (Å²) in [5, 5.41) is 3.49. The van der Waals surface area contributed by atoms with Gasteiger partial charge in [-0.3, -0.25) is 9.27 Å². The summed E-state index contributed by atoms with van der Waals surface area (Å²) in [5.41, 5.74) is 1.59. The van der Waals surface area contributed by atoms with Gasteiger partial charge in [-0.05, 0) is 25.0 Å². The highest BCUT2D eigenvalue weighted by Gasteiger charge is 2.13. The van der Waals surface area contributed by atoms with Gasteiger partial charge in [0.25, 0.3) is 11.3 Å². The van der Waals surface area contributed by atoms with Gasteiger partial charge in [0.1, 0.15) is 0 Å². The molecule has 1 aliphatic carbocycles. The lowest BCUT2D eigenvalue weighted by atomic mass is 10.1. The normalized spacial score (nSPS) is 18.9. The van der Waals surface area contributed by atoms with Crippen LogP contribution in [0.25, 0.3) is 0 Å². The fraction of sp³-hybridized carbons (Fsp3) is 0.538. The number of hydrogen-bond acceptors (Lipinski definition) is 2. The molecule has 1 aromatic carbocycles.